The Morgan fingerprint density at radius 2 is 1.44 bits per heavy atom. The maximum atomic E-state index is 8.41. The SMILES string of the molecule is C.CC(c1cnc(Cl)nc1)S(C)=NC#N.CSC(C)c1cnc(Cl)nc1.[B]. The van der Waals surface area contributed by atoms with Crippen LogP contribution in [0.25, 0.3) is 0 Å². The Bertz CT molecular complexity index is 738. The first kappa shape index (κ1) is 28.0. The monoisotopic (exact) mass is 443 g/mol. The molecule has 0 saturated carbocycles. The van der Waals surface area contributed by atoms with Gasteiger partial charge in [-0.3, -0.25) is 0 Å². The van der Waals surface area contributed by atoms with Crippen LogP contribution in [-0.2, 0) is 10.7 Å². The van der Waals surface area contributed by atoms with Gasteiger partial charge in [-0.1, -0.05) is 18.1 Å². The molecule has 0 aliphatic carbocycles. The molecular weight excluding hydrogens is 422 g/mol. The molecule has 2 rings (SSSR count). The topological polar surface area (TPSA) is 87.7 Å². The fourth-order valence-corrected chi connectivity index (χ4v) is 2.93. The predicted octanol–water partition coefficient (Wildman–Crippen LogP) is 4.91. The predicted molar refractivity (Wildman–Crippen MR) is 118 cm³/mol. The average Bonchev–Trinajstić information content (AvgIpc) is 2.62. The fourth-order valence-electron chi connectivity index (χ4n) is 1.54. The number of halogens is 2. The lowest BCUT2D eigenvalue weighted by Crippen LogP contribution is -2.01. The molecule has 27 heavy (non-hydrogen) atoms. The van der Waals surface area contributed by atoms with Gasteiger partial charge in [-0.2, -0.15) is 21.4 Å². The van der Waals surface area contributed by atoms with Crippen molar-refractivity contribution in [3.8, 4) is 6.19 Å². The van der Waals surface area contributed by atoms with Gasteiger partial charge in [-0.15, -0.1) is 0 Å². The molecule has 3 radical (unpaired) electrons. The first-order valence-corrected chi connectivity index (χ1v) is 10.8. The quantitative estimate of drug-likeness (QED) is 0.378. The summed E-state index contributed by atoms with van der Waals surface area (Å²) in [6, 6.07) is 0. The molecule has 0 saturated heterocycles. The third-order valence-corrected chi connectivity index (χ3v) is 6.30. The van der Waals surface area contributed by atoms with Crippen molar-refractivity contribution in [2.24, 2.45) is 4.36 Å². The molecule has 2 aromatic rings. The maximum Gasteiger partial charge on any atom is 0.222 e. The highest BCUT2D eigenvalue weighted by Crippen LogP contribution is 2.24. The van der Waals surface area contributed by atoms with Crippen molar-refractivity contribution in [1.29, 1.82) is 5.26 Å². The molecule has 0 aliphatic rings. The first-order chi connectivity index (χ1) is 11.9. The maximum absolute atomic E-state index is 8.41. The van der Waals surface area contributed by atoms with Crippen molar-refractivity contribution in [3.63, 3.8) is 0 Å². The van der Waals surface area contributed by atoms with E-state index in [1.54, 1.807) is 42.7 Å². The first-order valence-electron chi connectivity index (χ1n) is 7.11. The standard InChI is InChI=1S/C8H9ClN4S.C7H9ClN2S.CH4.B/c1-6(14(2)13-5-10)7-3-11-8(9)12-4-7;1-5(11-2)6-3-9-7(8)10-4-6;;/h3-4,6H,1-2H3;3-5H,1-2H3;1H4;. The Hall–Kier alpha value is -1.21. The van der Waals surface area contributed by atoms with E-state index in [2.05, 4.69) is 37.5 Å². The van der Waals surface area contributed by atoms with E-state index in [1.165, 1.54) is 0 Å². The number of hydrogen-bond acceptors (Lipinski definition) is 7. The fraction of sp³-hybridized carbons (Fsp3) is 0.438. The van der Waals surface area contributed by atoms with Crippen LogP contribution in [0.4, 0.5) is 0 Å². The van der Waals surface area contributed by atoms with E-state index < -0.39 is 0 Å². The van der Waals surface area contributed by atoms with E-state index >= 15 is 0 Å². The number of thioether (sulfide) groups is 1. The number of nitrogens with zero attached hydrogens (tertiary/aromatic N) is 6. The zero-order valence-corrected chi connectivity index (χ0v) is 17.9. The summed E-state index contributed by atoms with van der Waals surface area (Å²) < 4.78 is 3.77. The summed E-state index contributed by atoms with van der Waals surface area (Å²) in [4.78, 5) is 15.5. The lowest BCUT2D eigenvalue weighted by atomic mass is 10.3. The molecule has 3 atom stereocenters. The van der Waals surface area contributed by atoms with E-state index in [0.717, 1.165) is 11.1 Å². The lowest BCUT2D eigenvalue weighted by molar-refractivity contribution is 1.02. The summed E-state index contributed by atoms with van der Waals surface area (Å²) in [7, 11) is -0.332. The van der Waals surface area contributed by atoms with Crippen molar-refractivity contribution >= 4 is 54.1 Å². The van der Waals surface area contributed by atoms with Gasteiger partial charge in [0.05, 0.1) is 0 Å². The molecule has 0 aromatic carbocycles. The van der Waals surface area contributed by atoms with Crippen LogP contribution in [0.15, 0.2) is 29.2 Å². The number of aromatic nitrogens is 4. The van der Waals surface area contributed by atoms with Gasteiger partial charge >= 0.3 is 0 Å². The molecule has 2 heterocycles. The molecule has 11 heteroatoms. The molecule has 2 aromatic heterocycles. The van der Waals surface area contributed by atoms with Gasteiger partial charge in [0.25, 0.3) is 0 Å². The molecule has 0 fully saturated rings. The molecular formula is C16H22BCl2N6S2. The Labute approximate surface area is 180 Å². The minimum atomic E-state index is -0.332. The summed E-state index contributed by atoms with van der Waals surface area (Å²) in [5, 5.41) is 9.54. The summed E-state index contributed by atoms with van der Waals surface area (Å²) in [6.07, 6.45) is 12.6. The molecule has 3 unspecified atom stereocenters. The van der Waals surface area contributed by atoms with E-state index in [9.17, 15) is 0 Å². The number of nitriles is 1. The highest BCUT2D eigenvalue weighted by Gasteiger charge is 2.08. The number of hydrogen-bond donors (Lipinski definition) is 0. The molecule has 0 N–H and O–H groups in total. The van der Waals surface area contributed by atoms with Crippen molar-refractivity contribution < 1.29 is 0 Å². The van der Waals surface area contributed by atoms with Crippen LogP contribution in [0.5, 0.6) is 0 Å². The van der Waals surface area contributed by atoms with Crippen LogP contribution in [0, 0.1) is 11.5 Å². The Kier molecular flexibility index (Phi) is 15.4. The van der Waals surface area contributed by atoms with Crippen LogP contribution in [0.1, 0.15) is 42.9 Å². The molecule has 0 bridgehead atoms. The largest absolute Gasteiger partial charge is 0.226 e. The van der Waals surface area contributed by atoms with E-state index in [4.69, 9.17) is 28.5 Å². The van der Waals surface area contributed by atoms with Crippen LogP contribution >= 0.6 is 35.0 Å². The van der Waals surface area contributed by atoms with E-state index in [1.807, 2.05) is 13.2 Å². The van der Waals surface area contributed by atoms with Gasteiger partial charge in [-0.05, 0) is 49.6 Å². The summed E-state index contributed by atoms with van der Waals surface area (Å²) >= 11 is 12.9. The van der Waals surface area contributed by atoms with E-state index in [0.29, 0.717) is 10.5 Å². The molecule has 6 nitrogen and oxygen atoms in total. The normalized spacial score (nSPS) is 12.9. The average molecular weight is 444 g/mol. The van der Waals surface area contributed by atoms with Gasteiger partial charge in [0, 0.05) is 54.8 Å². The number of rotatable bonds is 4. The third-order valence-electron chi connectivity index (χ3n) is 3.27. The van der Waals surface area contributed by atoms with Gasteiger partial charge < -0.3 is 0 Å². The molecule has 145 valence electrons. The molecule has 0 spiro atoms. The highest BCUT2D eigenvalue weighted by atomic mass is 35.5. The van der Waals surface area contributed by atoms with E-state index in [-0.39, 0.29) is 37.1 Å². The van der Waals surface area contributed by atoms with Gasteiger partial charge in [0.15, 0.2) is 0 Å². The van der Waals surface area contributed by atoms with Gasteiger partial charge in [0.2, 0.25) is 16.8 Å². The second-order valence-corrected chi connectivity index (χ2v) is 8.60. The highest BCUT2D eigenvalue weighted by molar-refractivity contribution is 7.98. The Morgan fingerprint density at radius 1 is 1.04 bits per heavy atom. The molecule has 0 amide bonds. The van der Waals surface area contributed by atoms with Crippen molar-refractivity contribution in [2.45, 2.75) is 31.8 Å². The summed E-state index contributed by atoms with van der Waals surface area (Å²) in [5.41, 5.74) is 2.06. The van der Waals surface area contributed by atoms with Gasteiger partial charge in [0.1, 0.15) is 0 Å². The zero-order chi connectivity index (χ0) is 18.8. The second-order valence-electron chi connectivity index (χ2n) is 4.81. The lowest BCUT2D eigenvalue weighted by Gasteiger charge is -2.09. The Morgan fingerprint density at radius 3 is 1.81 bits per heavy atom. The van der Waals surface area contributed by atoms with Crippen molar-refractivity contribution in [2.75, 3.05) is 12.5 Å². The van der Waals surface area contributed by atoms with Crippen LogP contribution < -0.4 is 0 Å². The van der Waals surface area contributed by atoms with Crippen LogP contribution in [-0.4, -0.2) is 40.9 Å². The van der Waals surface area contributed by atoms with Gasteiger partial charge in [-0.25, -0.2) is 19.9 Å². The Balaban J connectivity index is 0. The summed E-state index contributed by atoms with van der Waals surface area (Å²) in [5.74, 6) is 0. The second kappa shape index (κ2) is 14.8. The van der Waals surface area contributed by atoms with Crippen LogP contribution in [0.2, 0.25) is 10.6 Å². The van der Waals surface area contributed by atoms with Crippen LogP contribution in [0.3, 0.4) is 0 Å². The third kappa shape index (κ3) is 10.1. The smallest absolute Gasteiger partial charge is 0.222 e. The van der Waals surface area contributed by atoms with Crippen molar-refractivity contribution in [3.05, 3.63) is 46.5 Å². The van der Waals surface area contributed by atoms with Crippen molar-refractivity contribution in [1.82, 2.24) is 19.9 Å². The molecule has 0 aliphatic heterocycles. The summed E-state index contributed by atoms with van der Waals surface area (Å²) in [6.45, 7) is 4.09. The minimum Gasteiger partial charge on any atom is -0.226 e. The minimum absolute atomic E-state index is 0. The zero-order valence-electron chi connectivity index (χ0n) is 14.8.